The van der Waals surface area contributed by atoms with Crippen molar-refractivity contribution < 1.29 is 32.2 Å². The highest BCUT2D eigenvalue weighted by atomic mass is 19.4. The predicted octanol–water partition coefficient (Wildman–Crippen LogP) is 2.77. The Kier molecular flexibility index (Phi) is 3.14. The van der Waals surface area contributed by atoms with Crippen molar-refractivity contribution in [1.82, 2.24) is 0 Å². The number of rotatable bonds is 2. The maximum absolute atomic E-state index is 13.4. The normalized spacial score (nSPS) is 38.9. The minimum Gasteiger partial charge on any atom is -0.457 e. The smallest absolute Gasteiger partial charge is 0.405 e. The van der Waals surface area contributed by atoms with E-state index in [0.29, 0.717) is 5.57 Å². The summed E-state index contributed by atoms with van der Waals surface area (Å²) in [6, 6.07) is 0. The fraction of sp³-hybridized carbons (Fsp3) is 0.733. The summed E-state index contributed by atoms with van der Waals surface area (Å²) in [6.45, 7) is 5.11. The van der Waals surface area contributed by atoms with Gasteiger partial charge in [-0.05, 0) is 33.6 Å². The van der Waals surface area contributed by atoms with E-state index < -0.39 is 47.6 Å². The molecular formula is C15H17F3O4. The summed E-state index contributed by atoms with van der Waals surface area (Å²) in [5.41, 5.74) is -1.19. The van der Waals surface area contributed by atoms with Crippen LogP contribution in [-0.4, -0.2) is 30.3 Å². The Morgan fingerprint density at radius 1 is 1.32 bits per heavy atom. The van der Waals surface area contributed by atoms with Gasteiger partial charge in [0.2, 0.25) is 0 Å². The summed E-state index contributed by atoms with van der Waals surface area (Å²) < 4.78 is 50.4. The first kappa shape index (κ1) is 15.4. The largest absolute Gasteiger partial charge is 0.457 e. The summed E-state index contributed by atoms with van der Waals surface area (Å²) in [6.07, 6.45) is -6.50. The van der Waals surface area contributed by atoms with Crippen molar-refractivity contribution in [3.63, 3.8) is 0 Å². The molecule has 122 valence electrons. The minimum atomic E-state index is -4.62. The van der Waals surface area contributed by atoms with Gasteiger partial charge in [-0.2, -0.15) is 13.2 Å². The lowest BCUT2D eigenvalue weighted by Crippen LogP contribution is -2.48. The van der Waals surface area contributed by atoms with Crippen LogP contribution in [0.25, 0.3) is 0 Å². The third kappa shape index (κ3) is 1.77. The third-order valence-electron chi connectivity index (χ3n) is 5.37. The van der Waals surface area contributed by atoms with Gasteiger partial charge in [0.25, 0.3) is 0 Å². The van der Waals surface area contributed by atoms with Crippen LogP contribution in [0.2, 0.25) is 0 Å². The lowest BCUT2D eigenvalue weighted by molar-refractivity contribution is -0.231. The summed E-state index contributed by atoms with van der Waals surface area (Å²) >= 11 is 0. The highest BCUT2D eigenvalue weighted by Crippen LogP contribution is 2.67. The van der Waals surface area contributed by atoms with Gasteiger partial charge in [-0.1, -0.05) is 5.57 Å². The monoisotopic (exact) mass is 318 g/mol. The van der Waals surface area contributed by atoms with Gasteiger partial charge in [0, 0.05) is 17.4 Å². The van der Waals surface area contributed by atoms with Gasteiger partial charge in [-0.25, -0.2) is 4.79 Å². The van der Waals surface area contributed by atoms with Gasteiger partial charge >= 0.3 is 18.1 Å². The highest BCUT2D eigenvalue weighted by Gasteiger charge is 2.80. The molecule has 7 heteroatoms. The molecule has 0 amide bonds. The van der Waals surface area contributed by atoms with Crippen LogP contribution in [0.15, 0.2) is 11.1 Å². The molecule has 0 spiro atoms. The summed E-state index contributed by atoms with van der Waals surface area (Å²) in [5.74, 6) is -3.18. The van der Waals surface area contributed by atoms with Crippen molar-refractivity contribution in [2.75, 3.05) is 0 Å². The van der Waals surface area contributed by atoms with Crippen LogP contribution in [0, 0.1) is 17.3 Å². The van der Waals surface area contributed by atoms with Crippen LogP contribution in [0.4, 0.5) is 13.2 Å². The molecule has 22 heavy (non-hydrogen) atoms. The molecule has 4 nitrogen and oxygen atoms in total. The number of carbonyl (C=O) groups excluding carboxylic acids is 2. The maximum Gasteiger partial charge on any atom is 0.405 e. The molecule has 3 rings (SSSR count). The number of halogens is 3. The second-order valence-electron chi connectivity index (χ2n) is 6.64. The van der Waals surface area contributed by atoms with Gasteiger partial charge < -0.3 is 9.47 Å². The van der Waals surface area contributed by atoms with E-state index in [2.05, 4.69) is 0 Å². The van der Waals surface area contributed by atoms with Gasteiger partial charge in [0.05, 0.1) is 0 Å². The molecule has 0 aromatic rings. The minimum absolute atomic E-state index is 0.210. The summed E-state index contributed by atoms with van der Waals surface area (Å²) in [4.78, 5) is 23.9. The average Bonchev–Trinajstić information content (AvgIpc) is 2.99. The summed E-state index contributed by atoms with van der Waals surface area (Å²) in [7, 11) is 0. The van der Waals surface area contributed by atoms with Crippen LogP contribution in [0.5, 0.6) is 0 Å². The molecule has 0 N–H and O–H groups in total. The Morgan fingerprint density at radius 3 is 2.50 bits per heavy atom. The van der Waals surface area contributed by atoms with E-state index in [4.69, 9.17) is 9.47 Å². The van der Waals surface area contributed by atoms with Crippen LogP contribution in [0.1, 0.15) is 33.6 Å². The quantitative estimate of drug-likeness (QED) is 0.580. The molecule has 3 aliphatic rings. The first-order chi connectivity index (χ1) is 10.1. The number of hydrogen-bond donors (Lipinski definition) is 0. The molecule has 2 saturated carbocycles. The first-order valence-electron chi connectivity index (χ1n) is 7.22. The number of allylic oxidation sites excluding steroid dienone is 1. The molecule has 0 aromatic heterocycles. The molecule has 1 aliphatic heterocycles. The number of alkyl halides is 3. The van der Waals surface area contributed by atoms with Crippen LogP contribution >= 0.6 is 0 Å². The van der Waals surface area contributed by atoms with E-state index in [9.17, 15) is 22.8 Å². The molecule has 1 saturated heterocycles. The third-order valence-corrected chi connectivity index (χ3v) is 5.37. The van der Waals surface area contributed by atoms with E-state index in [1.54, 1.807) is 20.8 Å². The van der Waals surface area contributed by atoms with Gasteiger partial charge in [-0.15, -0.1) is 0 Å². The van der Waals surface area contributed by atoms with Crippen LogP contribution in [-0.2, 0) is 19.1 Å². The highest BCUT2D eigenvalue weighted by molar-refractivity contribution is 5.89. The Hall–Kier alpha value is -1.53. The second kappa shape index (κ2) is 4.49. The van der Waals surface area contributed by atoms with Crippen molar-refractivity contribution in [3.05, 3.63) is 11.1 Å². The van der Waals surface area contributed by atoms with E-state index in [0.717, 1.165) is 5.57 Å². The molecule has 5 atom stereocenters. The molecule has 1 heterocycles. The lowest BCUT2D eigenvalue weighted by atomic mass is 9.73. The SMILES string of the molecule is CC(C)=C(C)C(=O)OC1C2CC3C1OC(=O)C3(C(F)(F)F)C2. The summed E-state index contributed by atoms with van der Waals surface area (Å²) in [5, 5.41) is 0. The van der Waals surface area contributed by atoms with Crippen molar-refractivity contribution in [2.24, 2.45) is 17.3 Å². The molecule has 3 fully saturated rings. The molecule has 0 aromatic carbocycles. The van der Waals surface area contributed by atoms with Crippen molar-refractivity contribution in [2.45, 2.75) is 52.0 Å². The van der Waals surface area contributed by atoms with Crippen LogP contribution < -0.4 is 0 Å². The zero-order chi connectivity index (χ0) is 16.4. The Morgan fingerprint density at radius 2 is 1.95 bits per heavy atom. The fourth-order valence-electron chi connectivity index (χ4n) is 3.97. The number of fused-ring (bicyclic) bond motifs is 1. The Balaban J connectivity index is 1.84. The average molecular weight is 318 g/mol. The zero-order valence-electron chi connectivity index (χ0n) is 12.5. The van der Waals surface area contributed by atoms with Gasteiger partial charge in [0.1, 0.15) is 12.2 Å². The van der Waals surface area contributed by atoms with Gasteiger partial charge in [-0.3, -0.25) is 4.79 Å². The standard InChI is InChI=1S/C15H17F3O4/c1-6(2)7(3)12(19)21-10-8-4-9-11(10)22-13(20)14(9,5-8)15(16,17)18/h8-11H,4-5H2,1-3H3. The number of esters is 2. The molecule has 5 unspecified atom stereocenters. The van der Waals surface area contributed by atoms with Gasteiger partial charge in [0.15, 0.2) is 5.41 Å². The molecule has 0 radical (unpaired) electrons. The van der Waals surface area contributed by atoms with E-state index in [1.807, 2.05) is 0 Å². The number of carbonyl (C=O) groups is 2. The molecule has 2 aliphatic carbocycles. The fourth-order valence-corrected chi connectivity index (χ4v) is 3.97. The topological polar surface area (TPSA) is 52.6 Å². The van der Waals surface area contributed by atoms with Crippen molar-refractivity contribution >= 4 is 11.9 Å². The molecular weight excluding hydrogens is 301 g/mol. The second-order valence-corrected chi connectivity index (χ2v) is 6.64. The predicted molar refractivity (Wildman–Crippen MR) is 68.5 cm³/mol. The maximum atomic E-state index is 13.4. The van der Waals surface area contributed by atoms with E-state index in [1.165, 1.54) is 0 Å². The molecule has 2 bridgehead atoms. The number of hydrogen-bond acceptors (Lipinski definition) is 4. The van der Waals surface area contributed by atoms with Crippen LogP contribution in [0.3, 0.4) is 0 Å². The van der Waals surface area contributed by atoms with E-state index >= 15 is 0 Å². The zero-order valence-corrected chi connectivity index (χ0v) is 12.5. The number of ether oxygens (including phenoxy) is 2. The van der Waals surface area contributed by atoms with E-state index in [-0.39, 0.29) is 12.8 Å². The Labute approximate surface area is 125 Å². The van der Waals surface area contributed by atoms with Crippen molar-refractivity contribution in [1.29, 1.82) is 0 Å². The first-order valence-corrected chi connectivity index (χ1v) is 7.22. The Bertz CT molecular complexity index is 576. The van der Waals surface area contributed by atoms with Crippen molar-refractivity contribution in [3.8, 4) is 0 Å². The lowest BCUT2D eigenvalue weighted by Gasteiger charge is -2.33.